The molecule has 94 valence electrons. The Bertz CT molecular complexity index is 505. The summed E-state index contributed by atoms with van der Waals surface area (Å²) in [6.07, 6.45) is 0. The molecule has 1 saturated heterocycles. The second kappa shape index (κ2) is 4.81. The quantitative estimate of drug-likeness (QED) is 0.829. The van der Waals surface area contributed by atoms with Crippen molar-refractivity contribution >= 4 is 27.8 Å². The van der Waals surface area contributed by atoms with Gasteiger partial charge in [0.05, 0.1) is 0 Å². The number of rotatable bonds is 2. The number of piperazine rings is 1. The van der Waals surface area contributed by atoms with Gasteiger partial charge in [0.15, 0.2) is 0 Å². The largest absolute Gasteiger partial charge is 0.399 e. The van der Waals surface area contributed by atoms with Crippen LogP contribution in [0.15, 0.2) is 29.8 Å². The third-order valence-corrected chi connectivity index (χ3v) is 3.88. The number of nitrogens with two attached hydrogens (primary N) is 1. The predicted molar refractivity (Wildman–Crippen MR) is 75.2 cm³/mol. The van der Waals surface area contributed by atoms with E-state index in [1.165, 1.54) is 5.69 Å². The van der Waals surface area contributed by atoms with Gasteiger partial charge in [-0.2, -0.15) is 0 Å². The van der Waals surface area contributed by atoms with Crippen molar-refractivity contribution in [1.82, 2.24) is 10.2 Å². The highest BCUT2D eigenvalue weighted by molar-refractivity contribution is 7.13. The molecular formula is C12H15N5S. The van der Waals surface area contributed by atoms with Crippen LogP contribution in [0.25, 0.3) is 0 Å². The maximum absolute atomic E-state index is 5.82. The number of anilines is 3. The summed E-state index contributed by atoms with van der Waals surface area (Å²) in [5, 5.41) is 9.01. The maximum atomic E-state index is 5.82. The van der Waals surface area contributed by atoms with Gasteiger partial charge in [0.25, 0.3) is 0 Å². The van der Waals surface area contributed by atoms with Crippen LogP contribution in [0, 0.1) is 0 Å². The van der Waals surface area contributed by atoms with Gasteiger partial charge < -0.3 is 15.5 Å². The summed E-state index contributed by atoms with van der Waals surface area (Å²) >= 11 is 1.59. The minimum absolute atomic E-state index is 0.819. The fourth-order valence-corrected chi connectivity index (χ4v) is 2.80. The van der Waals surface area contributed by atoms with Gasteiger partial charge >= 0.3 is 0 Å². The number of benzene rings is 1. The van der Waals surface area contributed by atoms with Gasteiger partial charge in [0.2, 0.25) is 5.13 Å². The van der Waals surface area contributed by atoms with Crippen LogP contribution >= 0.6 is 11.3 Å². The van der Waals surface area contributed by atoms with Crippen LogP contribution in [0.3, 0.4) is 0 Å². The summed E-state index contributed by atoms with van der Waals surface area (Å²) in [6, 6.07) is 8.06. The van der Waals surface area contributed by atoms with Crippen LogP contribution in [-0.4, -0.2) is 36.4 Å². The van der Waals surface area contributed by atoms with E-state index in [9.17, 15) is 0 Å². The highest BCUT2D eigenvalue weighted by atomic mass is 32.1. The molecule has 2 heterocycles. The Hall–Kier alpha value is -1.82. The van der Waals surface area contributed by atoms with E-state index in [-0.39, 0.29) is 0 Å². The molecule has 2 N–H and O–H groups in total. The standard InChI is InChI=1S/C12H15N5S/c13-10-2-1-3-11(8-10)16-4-6-17(7-5-16)12-15-14-9-18-12/h1-3,8-9H,4-7,13H2. The molecule has 0 radical (unpaired) electrons. The molecule has 5 nitrogen and oxygen atoms in total. The molecule has 0 unspecified atom stereocenters. The Morgan fingerprint density at radius 3 is 2.56 bits per heavy atom. The molecule has 1 fully saturated rings. The molecular weight excluding hydrogens is 246 g/mol. The highest BCUT2D eigenvalue weighted by Gasteiger charge is 2.19. The predicted octanol–water partition coefficient (Wildman–Crippen LogP) is 1.45. The average Bonchev–Trinajstić information content (AvgIpc) is 2.93. The minimum atomic E-state index is 0.819. The number of aromatic nitrogens is 2. The molecule has 1 aromatic heterocycles. The summed E-state index contributed by atoms with van der Waals surface area (Å²) < 4.78 is 0. The topological polar surface area (TPSA) is 58.3 Å². The summed E-state index contributed by atoms with van der Waals surface area (Å²) in [5.74, 6) is 0. The lowest BCUT2D eigenvalue weighted by Gasteiger charge is -2.35. The second-order valence-corrected chi connectivity index (χ2v) is 5.10. The molecule has 0 aliphatic carbocycles. The monoisotopic (exact) mass is 261 g/mol. The van der Waals surface area contributed by atoms with Crippen molar-refractivity contribution < 1.29 is 0 Å². The van der Waals surface area contributed by atoms with Crippen molar-refractivity contribution in [2.45, 2.75) is 0 Å². The van der Waals surface area contributed by atoms with E-state index in [0.29, 0.717) is 0 Å². The Labute approximate surface area is 110 Å². The van der Waals surface area contributed by atoms with E-state index in [4.69, 9.17) is 5.73 Å². The van der Waals surface area contributed by atoms with Crippen molar-refractivity contribution in [1.29, 1.82) is 0 Å². The second-order valence-electron chi connectivity index (χ2n) is 4.29. The first-order valence-corrected chi connectivity index (χ1v) is 6.82. The summed E-state index contributed by atoms with van der Waals surface area (Å²) in [7, 11) is 0. The van der Waals surface area contributed by atoms with Crippen LogP contribution in [0.1, 0.15) is 0 Å². The number of nitrogens with zero attached hydrogens (tertiary/aromatic N) is 4. The molecule has 6 heteroatoms. The van der Waals surface area contributed by atoms with Crippen LogP contribution < -0.4 is 15.5 Å². The molecule has 0 bridgehead atoms. The Balaban J connectivity index is 1.67. The summed E-state index contributed by atoms with van der Waals surface area (Å²) in [5.41, 5.74) is 9.61. The van der Waals surface area contributed by atoms with E-state index >= 15 is 0 Å². The van der Waals surface area contributed by atoms with Gasteiger partial charge in [-0.25, -0.2) is 0 Å². The van der Waals surface area contributed by atoms with Crippen LogP contribution in [-0.2, 0) is 0 Å². The Morgan fingerprint density at radius 1 is 1.11 bits per heavy atom. The van der Waals surface area contributed by atoms with Gasteiger partial charge in [-0.05, 0) is 18.2 Å². The van der Waals surface area contributed by atoms with Crippen molar-refractivity contribution in [3.05, 3.63) is 29.8 Å². The van der Waals surface area contributed by atoms with E-state index in [2.05, 4.69) is 26.1 Å². The zero-order valence-electron chi connectivity index (χ0n) is 9.99. The molecule has 1 aromatic carbocycles. The van der Waals surface area contributed by atoms with Crippen LogP contribution in [0.5, 0.6) is 0 Å². The minimum Gasteiger partial charge on any atom is -0.399 e. The maximum Gasteiger partial charge on any atom is 0.208 e. The Kier molecular flexibility index (Phi) is 3.02. The molecule has 2 aromatic rings. The van der Waals surface area contributed by atoms with Gasteiger partial charge in [-0.1, -0.05) is 17.4 Å². The zero-order chi connectivity index (χ0) is 12.4. The van der Waals surface area contributed by atoms with E-state index in [0.717, 1.165) is 37.0 Å². The third kappa shape index (κ3) is 2.24. The summed E-state index contributed by atoms with van der Waals surface area (Å²) in [4.78, 5) is 4.63. The molecule has 3 rings (SSSR count). The number of hydrogen-bond acceptors (Lipinski definition) is 6. The van der Waals surface area contributed by atoms with Gasteiger partial charge in [0.1, 0.15) is 5.51 Å². The molecule has 18 heavy (non-hydrogen) atoms. The SMILES string of the molecule is Nc1cccc(N2CCN(c3nncs3)CC2)c1. The van der Waals surface area contributed by atoms with Crippen molar-refractivity contribution in [3.63, 3.8) is 0 Å². The van der Waals surface area contributed by atoms with Crippen molar-refractivity contribution in [2.24, 2.45) is 0 Å². The van der Waals surface area contributed by atoms with E-state index in [1.807, 2.05) is 18.2 Å². The molecule has 1 aliphatic heterocycles. The molecule has 0 spiro atoms. The van der Waals surface area contributed by atoms with Crippen LogP contribution in [0.2, 0.25) is 0 Å². The van der Waals surface area contributed by atoms with Crippen molar-refractivity contribution in [3.8, 4) is 0 Å². The first kappa shape index (κ1) is 11.3. The fraction of sp³-hybridized carbons (Fsp3) is 0.333. The highest BCUT2D eigenvalue weighted by Crippen LogP contribution is 2.22. The molecule has 1 aliphatic rings. The lowest BCUT2D eigenvalue weighted by atomic mass is 10.2. The van der Waals surface area contributed by atoms with E-state index in [1.54, 1.807) is 16.8 Å². The lowest BCUT2D eigenvalue weighted by molar-refractivity contribution is 0.650. The lowest BCUT2D eigenvalue weighted by Crippen LogP contribution is -2.46. The third-order valence-electron chi connectivity index (χ3n) is 3.13. The number of nitrogen functional groups attached to an aromatic ring is 1. The van der Waals surface area contributed by atoms with Gasteiger partial charge in [-0.15, -0.1) is 10.2 Å². The van der Waals surface area contributed by atoms with E-state index < -0.39 is 0 Å². The van der Waals surface area contributed by atoms with Gasteiger partial charge in [0, 0.05) is 37.6 Å². The van der Waals surface area contributed by atoms with Crippen molar-refractivity contribution in [2.75, 3.05) is 41.7 Å². The first-order chi connectivity index (χ1) is 8.83. The normalized spacial score (nSPS) is 16.0. The van der Waals surface area contributed by atoms with Crippen LogP contribution in [0.4, 0.5) is 16.5 Å². The number of hydrogen-bond donors (Lipinski definition) is 1. The summed E-state index contributed by atoms with van der Waals surface area (Å²) in [6.45, 7) is 3.93. The molecule has 0 amide bonds. The Morgan fingerprint density at radius 2 is 1.89 bits per heavy atom. The zero-order valence-corrected chi connectivity index (χ0v) is 10.8. The molecule has 0 atom stereocenters. The first-order valence-electron chi connectivity index (χ1n) is 5.94. The fourth-order valence-electron chi connectivity index (χ4n) is 2.18. The smallest absolute Gasteiger partial charge is 0.208 e. The van der Waals surface area contributed by atoms with Gasteiger partial charge in [-0.3, -0.25) is 0 Å². The average molecular weight is 261 g/mol. The molecule has 0 saturated carbocycles.